The number of hydrogen-bond acceptors (Lipinski definition) is 8. The molecule has 2 heterocycles. The summed E-state index contributed by atoms with van der Waals surface area (Å²) in [4.78, 5) is 17.5. The average molecular weight is 520 g/mol. The molecule has 192 valence electrons. The summed E-state index contributed by atoms with van der Waals surface area (Å²) < 4.78 is 35.4. The number of anilines is 1. The number of sulfonamides is 1. The quantitative estimate of drug-likeness (QED) is 0.351. The Balaban J connectivity index is 1.87. The van der Waals surface area contributed by atoms with Crippen LogP contribution < -0.4 is 9.46 Å². The van der Waals surface area contributed by atoms with Crippen molar-refractivity contribution in [2.24, 2.45) is 0 Å². The molecule has 4 rings (SSSR count). The van der Waals surface area contributed by atoms with Gasteiger partial charge in [-0.15, -0.1) is 0 Å². The fraction of sp³-hybridized carbons (Fsp3) is 0.259. The standard InChI is InChI=1S/C27H29N5O4S/c1-18-6-8-19(9-7-18)22-23(32-37(34,35)21-12-10-20(11-13-21)27(2,3)4)30-25(24-28-14-5-15-29-24)31-26(22)36-17-16-33/h5-15,33H,16-17H2,1-4H3,(H,30,31,32). The van der Waals surface area contributed by atoms with E-state index in [2.05, 4.69) is 45.4 Å². The van der Waals surface area contributed by atoms with Crippen molar-refractivity contribution in [3.05, 3.63) is 78.1 Å². The summed E-state index contributed by atoms with van der Waals surface area (Å²) in [5.74, 6) is 0.372. The van der Waals surface area contributed by atoms with Crippen molar-refractivity contribution in [1.29, 1.82) is 0 Å². The number of aromatic nitrogens is 4. The summed E-state index contributed by atoms with van der Waals surface area (Å²) >= 11 is 0. The number of ether oxygens (including phenoxy) is 1. The van der Waals surface area contributed by atoms with Gasteiger partial charge >= 0.3 is 0 Å². The van der Waals surface area contributed by atoms with E-state index in [1.807, 2.05) is 31.2 Å². The molecular formula is C27H29N5O4S. The first-order chi connectivity index (χ1) is 17.6. The zero-order valence-electron chi connectivity index (χ0n) is 21.1. The molecule has 0 aliphatic rings. The van der Waals surface area contributed by atoms with Gasteiger partial charge in [0.05, 0.1) is 17.1 Å². The third kappa shape index (κ3) is 6.10. The monoisotopic (exact) mass is 519 g/mol. The Morgan fingerprint density at radius 1 is 0.919 bits per heavy atom. The lowest BCUT2D eigenvalue weighted by molar-refractivity contribution is 0.197. The summed E-state index contributed by atoms with van der Waals surface area (Å²) in [6.07, 6.45) is 3.07. The molecule has 0 spiro atoms. The molecule has 0 aliphatic carbocycles. The molecule has 0 bridgehead atoms. The highest BCUT2D eigenvalue weighted by molar-refractivity contribution is 7.92. The minimum atomic E-state index is -4.04. The maximum Gasteiger partial charge on any atom is 0.263 e. The molecule has 0 saturated heterocycles. The van der Waals surface area contributed by atoms with Crippen molar-refractivity contribution in [1.82, 2.24) is 19.9 Å². The van der Waals surface area contributed by atoms with Gasteiger partial charge in [0.15, 0.2) is 11.6 Å². The van der Waals surface area contributed by atoms with Crippen LogP contribution in [-0.4, -0.2) is 46.7 Å². The maximum absolute atomic E-state index is 13.5. The molecule has 9 nitrogen and oxygen atoms in total. The van der Waals surface area contributed by atoms with E-state index in [9.17, 15) is 13.5 Å². The highest BCUT2D eigenvalue weighted by Gasteiger charge is 2.25. The van der Waals surface area contributed by atoms with Crippen molar-refractivity contribution in [3.8, 4) is 28.7 Å². The van der Waals surface area contributed by atoms with E-state index in [1.165, 1.54) is 12.4 Å². The van der Waals surface area contributed by atoms with E-state index in [0.29, 0.717) is 11.1 Å². The molecular weight excluding hydrogens is 490 g/mol. The van der Waals surface area contributed by atoms with E-state index in [0.717, 1.165) is 11.1 Å². The number of nitrogens with one attached hydrogen (secondary N) is 1. The Kier molecular flexibility index (Phi) is 7.51. The van der Waals surface area contributed by atoms with Crippen LogP contribution in [0.15, 0.2) is 71.9 Å². The SMILES string of the molecule is Cc1ccc(-c2c(NS(=O)(=O)c3ccc(C(C)(C)C)cc3)nc(-c3ncccn3)nc2OCCO)cc1. The minimum absolute atomic E-state index is 0.00847. The normalized spacial score (nSPS) is 11.8. The van der Waals surface area contributed by atoms with Gasteiger partial charge in [-0.25, -0.2) is 23.4 Å². The molecule has 0 saturated carbocycles. The van der Waals surface area contributed by atoms with Gasteiger partial charge in [0.1, 0.15) is 6.61 Å². The van der Waals surface area contributed by atoms with Crippen LogP contribution in [0.4, 0.5) is 5.82 Å². The molecule has 2 aromatic heterocycles. The molecule has 10 heteroatoms. The number of aryl methyl sites for hydroxylation is 1. The van der Waals surface area contributed by atoms with Crippen molar-refractivity contribution >= 4 is 15.8 Å². The van der Waals surface area contributed by atoms with Gasteiger partial charge in [0, 0.05) is 12.4 Å². The first-order valence-corrected chi connectivity index (χ1v) is 13.2. The van der Waals surface area contributed by atoms with Gasteiger partial charge in [0.25, 0.3) is 10.0 Å². The Hall–Kier alpha value is -3.89. The molecule has 0 amide bonds. The van der Waals surface area contributed by atoms with Crippen LogP contribution in [-0.2, 0) is 15.4 Å². The number of benzene rings is 2. The number of hydrogen-bond donors (Lipinski definition) is 2. The highest BCUT2D eigenvalue weighted by Crippen LogP contribution is 2.37. The minimum Gasteiger partial charge on any atom is -0.475 e. The van der Waals surface area contributed by atoms with E-state index in [1.54, 1.807) is 30.3 Å². The largest absolute Gasteiger partial charge is 0.475 e. The fourth-order valence-corrected chi connectivity index (χ4v) is 4.59. The Morgan fingerprint density at radius 3 is 2.16 bits per heavy atom. The van der Waals surface area contributed by atoms with Crippen molar-refractivity contribution in [3.63, 3.8) is 0 Å². The van der Waals surface area contributed by atoms with Crippen LogP contribution in [0.5, 0.6) is 5.88 Å². The average Bonchev–Trinajstić information content (AvgIpc) is 2.88. The molecule has 0 atom stereocenters. The third-order valence-electron chi connectivity index (χ3n) is 5.57. The van der Waals surface area contributed by atoms with Gasteiger partial charge < -0.3 is 9.84 Å². The van der Waals surface area contributed by atoms with Crippen LogP contribution in [0.25, 0.3) is 22.8 Å². The van der Waals surface area contributed by atoms with Gasteiger partial charge in [-0.2, -0.15) is 4.98 Å². The van der Waals surface area contributed by atoms with Gasteiger partial charge in [-0.05, 0) is 41.7 Å². The van der Waals surface area contributed by atoms with Crippen LogP contribution in [0.3, 0.4) is 0 Å². The first-order valence-electron chi connectivity index (χ1n) is 11.7. The summed E-state index contributed by atoms with van der Waals surface area (Å²) in [7, 11) is -4.04. The van der Waals surface area contributed by atoms with Crippen molar-refractivity contribution < 1.29 is 18.3 Å². The lowest BCUT2D eigenvalue weighted by Gasteiger charge is -2.20. The zero-order chi connectivity index (χ0) is 26.6. The second-order valence-electron chi connectivity index (χ2n) is 9.47. The van der Waals surface area contributed by atoms with Crippen LogP contribution in [0, 0.1) is 6.92 Å². The Labute approximate surface area is 216 Å². The highest BCUT2D eigenvalue weighted by atomic mass is 32.2. The predicted molar refractivity (Wildman–Crippen MR) is 142 cm³/mol. The van der Waals surface area contributed by atoms with Gasteiger partial charge in [-0.3, -0.25) is 4.72 Å². The van der Waals surface area contributed by atoms with Gasteiger partial charge in [0.2, 0.25) is 11.7 Å². The molecule has 0 fully saturated rings. The molecule has 37 heavy (non-hydrogen) atoms. The summed E-state index contributed by atoms with van der Waals surface area (Å²) in [5.41, 5.74) is 2.89. The van der Waals surface area contributed by atoms with E-state index >= 15 is 0 Å². The van der Waals surface area contributed by atoms with E-state index < -0.39 is 10.0 Å². The number of aliphatic hydroxyl groups excluding tert-OH is 1. The molecule has 2 N–H and O–H groups in total. The van der Waals surface area contributed by atoms with Crippen molar-refractivity contribution in [2.45, 2.75) is 38.0 Å². The maximum atomic E-state index is 13.5. The van der Waals surface area contributed by atoms with Crippen LogP contribution >= 0.6 is 0 Å². The summed E-state index contributed by atoms with van der Waals surface area (Å²) in [6, 6.07) is 15.8. The number of nitrogens with zero attached hydrogens (tertiary/aromatic N) is 4. The lowest BCUT2D eigenvalue weighted by atomic mass is 9.87. The Morgan fingerprint density at radius 2 is 1.57 bits per heavy atom. The molecule has 0 radical (unpaired) electrons. The lowest BCUT2D eigenvalue weighted by Crippen LogP contribution is -2.17. The Bertz CT molecular complexity index is 1470. The van der Waals surface area contributed by atoms with Crippen LogP contribution in [0.1, 0.15) is 31.9 Å². The second-order valence-corrected chi connectivity index (χ2v) is 11.1. The third-order valence-corrected chi connectivity index (χ3v) is 6.93. The molecule has 0 aliphatic heterocycles. The van der Waals surface area contributed by atoms with Crippen molar-refractivity contribution in [2.75, 3.05) is 17.9 Å². The zero-order valence-corrected chi connectivity index (χ0v) is 22.0. The van der Waals surface area contributed by atoms with E-state index in [4.69, 9.17) is 4.74 Å². The first kappa shape index (κ1) is 26.2. The summed E-state index contributed by atoms with van der Waals surface area (Å²) in [5, 5.41) is 9.39. The second kappa shape index (κ2) is 10.6. The molecule has 4 aromatic rings. The summed E-state index contributed by atoms with van der Waals surface area (Å²) in [6.45, 7) is 7.82. The van der Waals surface area contributed by atoms with E-state index in [-0.39, 0.29) is 46.9 Å². The number of aliphatic hydroxyl groups is 1. The molecule has 2 aromatic carbocycles. The number of rotatable bonds is 8. The van der Waals surface area contributed by atoms with Crippen LogP contribution in [0.2, 0.25) is 0 Å². The topological polar surface area (TPSA) is 127 Å². The molecule has 0 unspecified atom stereocenters. The van der Waals surface area contributed by atoms with Gasteiger partial charge in [-0.1, -0.05) is 62.7 Å². The fourth-order valence-electron chi connectivity index (χ4n) is 3.58. The predicted octanol–water partition coefficient (Wildman–Crippen LogP) is 4.38. The smallest absolute Gasteiger partial charge is 0.263 e.